The van der Waals surface area contributed by atoms with E-state index >= 15 is 0 Å². The molecule has 0 fully saturated rings. The van der Waals surface area contributed by atoms with Gasteiger partial charge in [0, 0.05) is 14.2 Å². The Morgan fingerprint density at radius 2 is 1.89 bits per heavy atom. The zero-order valence-corrected chi connectivity index (χ0v) is 11.4. The maximum Gasteiger partial charge on any atom is 0.322 e. The summed E-state index contributed by atoms with van der Waals surface area (Å²) < 4.78 is 10.2. The summed E-state index contributed by atoms with van der Waals surface area (Å²) in [6.07, 6.45) is 2.04. The molecule has 0 aliphatic heterocycles. The quantitative estimate of drug-likeness (QED) is 0.721. The molecular formula is C11H21N5O2. The predicted molar refractivity (Wildman–Crippen MR) is 70.1 cm³/mol. The smallest absolute Gasteiger partial charge is 0.322 e. The molecule has 0 saturated carbocycles. The van der Waals surface area contributed by atoms with Crippen LogP contribution in [-0.2, 0) is 4.74 Å². The van der Waals surface area contributed by atoms with Gasteiger partial charge < -0.3 is 20.1 Å². The number of anilines is 2. The minimum Gasteiger partial charge on any atom is -0.467 e. The molecule has 2 N–H and O–H groups in total. The van der Waals surface area contributed by atoms with Gasteiger partial charge in [0.25, 0.3) is 0 Å². The van der Waals surface area contributed by atoms with E-state index in [1.165, 1.54) is 7.11 Å². The first-order valence-electron chi connectivity index (χ1n) is 5.96. The Morgan fingerprint density at radius 1 is 1.17 bits per heavy atom. The van der Waals surface area contributed by atoms with Crippen molar-refractivity contribution >= 4 is 11.9 Å². The molecule has 1 aromatic heterocycles. The molecule has 1 atom stereocenters. The first kappa shape index (κ1) is 14.4. The Hall–Kier alpha value is -1.63. The number of aromatic nitrogens is 3. The monoisotopic (exact) mass is 255 g/mol. The lowest BCUT2D eigenvalue weighted by molar-refractivity contribution is 0.182. The normalized spacial score (nSPS) is 12.0. The third-order valence-corrected chi connectivity index (χ3v) is 2.36. The maximum atomic E-state index is 5.16. The van der Waals surface area contributed by atoms with Crippen LogP contribution in [0.4, 0.5) is 11.9 Å². The molecule has 0 radical (unpaired) electrons. The summed E-state index contributed by atoms with van der Waals surface area (Å²) in [5.74, 6) is 0.957. The van der Waals surface area contributed by atoms with Crippen molar-refractivity contribution in [2.24, 2.45) is 0 Å². The van der Waals surface area contributed by atoms with E-state index in [0.29, 0.717) is 18.5 Å². The summed E-state index contributed by atoms with van der Waals surface area (Å²) in [6, 6.07) is 0.460. The SMILES string of the molecule is CCCC(COC)Nc1nc(NC)nc(OC)n1. The molecule has 0 bridgehead atoms. The molecule has 0 aromatic carbocycles. The van der Waals surface area contributed by atoms with Gasteiger partial charge in [-0.25, -0.2) is 0 Å². The standard InChI is InChI=1S/C11H21N5O2/c1-5-6-8(7-17-3)13-10-14-9(12-2)15-11(16-10)18-4/h8H,5-7H2,1-4H3,(H2,12,13,14,15,16). The highest BCUT2D eigenvalue weighted by atomic mass is 16.5. The third kappa shape index (κ3) is 4.33. The van der Waals surface area contributed by atoms with Crippen molar-refractivity contribution < 1.29 is 9.47 Å². The van der Waals surface area contributed by atoms with Gasteiger partial charge in [0.05, 0.1) is 19.8 Å². The number of ether oxygens (including phenoxy) is 2. The lowest BCUT2D eigenvalue weighted by Crippen LogP contribution is -2.26. The topological polar surface area (TPSA) is 81.2 Å². The van der Waals surface area contributed by atoms with E-state index in [1.54, 1.807) is 14.2 Å². The van der Waals surface area contributed by atoms with Gasteiger partial charge in [-0.1, -0.05) is 13.3 Å². The minimum absolute atomic E-state index is 0.178. The Labute approximate surface area is 107 Å². The molecule has 1 rings (SSSR count). The zero-order chi connectivity index (χ0) is 13.4. The van der Waals surface area contributed by atoms with Crippen molar-refractivity contribution in [1.82, 2.24) is 15.0 Å². The molecule has 0 spiro atoms. The van der Waals surface area contributed by atoms with Gasteiger partial charge in [-0.3, -0.25) is 0 Å². The molecule has 0 aliphatic carbocycles. The summed E-state index contributed by atoms with van der Waals surface area (Å²) >= 11 is 0. The first-order valence-corrected chi connectivity index (χ1v) is 5.96. The molecule has 18 heavy (non-hydrogen) atoms. The van der Waals surface area contributed by atoms with Crippen LogP contribution in [0.3, 0.4) is 0 Å². The second-order valence-electron chi connectivity index (χ2n) is 3.80. The van der Waals surface area contributed by atoms with E-state index in [1.807, 2.05) is 0 Å². The Morgan fingerprint density at radius 3 is 2.44 bits per heavy atom. The van der Waals surface area contributed by atoms with E-state index in [9.17, 15) is 0 Å². The predicted octanol–water partition coefficient (Wildman–Crippen LogP) is 1.15. The molecule has 1 heterocycles. The van der Waals surface area contributed by atoms with E-state index in [0.717, 1.165) is 12.8 Å². The fourth-order valence-electron chi connectivity index (χ4n) is 1.55. The van der Waals surface area contributed by atoms with Crippen LogP contribution in [0, 0.1) is 0 Å². The van der Waals surface area contributed by atoms with Crippen LogP contribution in [-0.4, -0.2) is 48.9 Å². The minimum atomic E-state index is 0.178. The fourth-order valence-corrected chi connectivity index (χ4v) is 1.55. The van der Waals surface area contributed by atoms with E-state index in [4.69, 9.17) is 9.47 Å². The lowest BCUT2D eigenvalue weighted by atomic mass is 10.2. The number of rotatable bonds is 8. The van der Waals surface area contributed by atoms with Gasteiger partial charge in [-0.05, 0) is 6.42 Å². The molecular weight excluding hydrogens is 234 g/mol. The molecule has 102 valence electrons. The molecule has 0 aliphatic rings. The van der Waals surface area contributed by atoms with Crippen LogP contribution >= 0.6 is 0 Å². The van der Waals surface area contributed by atoms with Gasteiger partial charge in [-0.15, -0.1) is 0 Å². The number of methoxy groups -OCH3 is 2. The zero-order valence-electron chi connectivity index (χ0n) is 11.4. The van der Waals surface area contributed by atoms with Crippen LogP contribution < -0.4 is 15.4 Å². The Balaban J connectivity index is 2.80. The summed E-state index contributed by atoms with van der Waals surface area (Å²) in [6.45, 7) is 2.73. The van der Waals surface area contributed by atoms with Crippen molar-refractivity contribution in [3.8, 4) is 6.01 Å². The molecule has 1 aromatic rings. The highest BCUT2D eigenvalue weighted by molar-refractivity contribution is 5.36. The fraction of sp³-hybridized carbons (Fsp3) is 0.727. The average Bonchev–Trinajstić information content (AvgIpc) is 2.38. The molecule has 0 amide bonds. The maximum absolute atomic E-state index is 5.16. The van der Waals surface area contributed by atoms with Crippen molar-refractivity contribution in [2.45, 2.75) is 25.8 Å². The lowest BCUT2D eigenvalue weighted by Gasteiger charge is -2.17. The van der Waals surface area contributed by atoms with Crippen LogP contribution in [0.1, 0.15) is 19.8 Å². The second kappa shape index (κ2) is 7.65. The van der Waals surface area contributed by atoms with Crippen molar-refractivity contribution in [2.75, 3.05) is 38.5 Å². The van der Waals surface area contributed by atoms with Gasteiger partial charge in [0.1, 0.15) is 0 Å². The molecule has 7 heteroatoms. The van der Waals surface area contributed by atoms with Crippen molar-refractivity contribution in [3.05, 3.63) is 0 Å². The molecule has 7 nitrogen and oxygen atoms in total. The van der Waals surface area contributed by atoms with Gasteiger partial charge in [-0.2, -0.15) is 15.0 Å². The van der Waals surface area contributed by atoms with Gasteiger partial charge >= 0.3 is 6.01 Å². The summed E-state index contributed by atoms with van der Waals surface area (Å²) in [5, 5.41) is 6.09. The Bertz CT molecular complexity index is 333. The van der Waals surface area contributed by atoms with E-state index in [-0.39, 0.29) is 12.1 Å². The second-order valence-corrected chi connectivity index (χ2v) is 3.80. The van der Waals surface area contributed by atoms with Crippen LogP contribution in [0.5, 0.6) is 6.01 Å². The average molecular weight is 255 g/mol. The van der Waals surface area contributed by atoms with Gasteiger partial charge in [0.15, 0.2) is 0 Å². The molecule has 0 saturated heterocycles. The largest absolute Gasteiger partial charge is 0.467 e. The summed E-state index contributed by atoms with van der Waals surface area (Å²) in [4.78, 5) is 12.4. The van der Waals surface area contributed by atoms with E-state index in [2.05, 4.69) is 32.5 Å². The highest BCUT2D eigenvalue weighted by Crippen LogP contribution is 2.12. The number of hydrogen-bond acceptors (Lipinski definition) is 7. The van der Waals surface area contributed by atoms with Crippen LogP contribution in [0.15, 0.2) is 0 Å². The number of nitrogens with one attached hydrogen (secondary N) is 2. The third-order valence-electron chi connectivity index (χ3n) is 2.36. The van der Waals surface area contributed by atoms with Crippen molar-refractivity contribution in [3.63, 3.8) is 0 Å². The number of hydrogen-bond donors (Lipinski definition) is 2. The van der Waals surface area contributed by atoms with Crippen LogP contribution in [0.25, 0.3) is 0 Å². The number of nitrogens with zero attached hydrogens (tertiary/aromatic N) is 3. The van der Waals surface area contributed by atoms with Crippen molar-refractivity contribution in [1.29, 1.82) is 0 Å². The first-order chi connectivity index (χ1) is 8.73. The highest BCUT2D eigenvalue weighted by Gasteiger charge is 2.11. The van der Waals surface area contributed by atoms with Crippen LogP contribution in [0.2, 0.25) is 0 Å². The summed E-state index contributed by atoms with van der Waals surface area (Å²) in [7, 11) is 4.95. The van der Waals surface area contributed by atoms with Gasteiger partial charge in [0.2, 0.25) is 11.9 Å². The molecule has 1 unspecified atom stereocenters. The summed E-state index contributed by atoms with van der Waals surface area (Å²) in [5.41, 5.74) is 0. The Kier molecular flexibility index (Phi) is 6.13. The van der Waals surface area contributed by atoms with E-state index < -0.39 is 0 Å².